The Kier molecular flexibility index (Phi) is 8.42. The fourth-order valence-electron chi connectivity index (χ4n) is 2.35. The van der Waals surface area contributed by atoms with E-state index in [0.717, 1.165) is 29.8 Å². The SMILES string of the molecule is CN=C(NCCCOCc1ccc(OC)cc1)NCc1cccc(F)c1. The molecular formula is C20H26FN3O2. The average molecular weight is 359 g/mol. The average Bonchev–Trinajstić information content (AvgIpc) is 2.67. The van der Waals surface area contributed by atoms with Crippen LogP contribution in [0.1, 0.15) is 17.5 Å². The van der Waals surface area contributed by atoms with Crippen molar-refractivity contribution in [3.8, 4) is 5.75 Å². The van der Waals surface area contributed by atoms with Crippen LogP contribution in [0.15, 0.2) is 53.5 Å². The Hall–Kier alpha value is -2.60. The first kappa shape index (κ1) is 19.7. The highest BCUT2D eigenvalue weighted by molar-refractivity contribution is 5.79. The second kappa shape index (κ2) is 11.1. The van der Waals surface area contributed by atoms with Crippen molar-refractivity contribution in [3.63, 3.8) is 0 Å². The van der Waals surface area contributed by atoms with Crippen molar-refractivity contribution in [3.05, 3.63) is 65.5 Å². The van der Waals surface area contributed by atoms with Gasteiger partial charge in [-0.1, -0.05) is 24.3 Å². The van der Waals surface area contributed by atoms with Crippen LogP contribution in [-0.2, 0) is 17.9 Å². The molecule has 0 radical (unpaired) electrons. The van der Waals surface area contributed by atoms with Gasteiger partial charge < -0.3 is 20.1 Å². The Morgan fingerprint density at radius 2 is 1.88 bits per heavy atom. The van der Waals surface area contributed by atoms with Gasteiger partial charge in [0.15, 0.2) is 5.96 Å². The van der Waals surface area contributed by atoms with Gasteiger partial charge in [-0.2, -0.15) is 0 Å². The summed E-state index contributed by atoms with van der Waals surface area (Å²) in [5.41, 5.74) is 1.99. The molecule has 0 unspecified atom stereocenters. The Morgan fingerprint density at radius 1 is 1.08 bits per heavy atom. The van der Waals surface area contributed by atoms with Crippen LogP contribution in [0.25, 0.3) is 0 Å². The maximum atomic E-state index is 13.2. The minimum absolute atomic E-state index is 0.235. The van der Waals surface area contributed by atoms with Gasteiger partial charge in [0.05, 0.1) is 13.7 Å². The lowest BCUT2D eigenvalue weighted by Gasteiger charge is -2.12. The summed E-state index contributed by atoms with van der Waals surface area (Å²) in [6.45, 7) is 2.49. The van der Waals surface area contributed by atoms with Crippen molar-refractivity contribution >= 4 is 5.96 Å². The van der Waals surface area contributed by atoms with Crippen molar-refractivity contribution in [2.45, 2.75) is 19.6 Å². The summed E-state index contributed by atoms with van der Waals surface area (Å²) >= 11 is 0. The van der Waals surface area contributed by atoms with Gasteiger partial charge in [0, 0.05) is 26.7 Å². The van der Waals surface area contributed by atoms with Gasteiger partial charge in [0.25, 0.3) is 0 Å². The van der Waals surface area contributed by atoms with E-state index in [4.69, 9.17) is 9.47 Å². The second-order valence-electron chi connectivity index (χ2n) is 5.74. The highest BCUT2D eigenvalue weighted by Crippen LogP contribution is 2.11. The highest BCUT2D eigenvalue weighted by Gasteiger charge is 2.00. The molecular weight excluding hydrogens is 333 g/mol. The van der Waals surface area contributed by atoms with E-state index < -0.39 is 0 Å². The fourth-order valence-corrected chi connectivity index (χ4v) is 2.35. The summed E-state index contributed by atoms with van der Waals surface area (Å²) in [6.07, 6.45) is 0.858. The molecule has 2 aromatic carbocycles. The van der Waals surface area contributed by atoms with Crippen LogP contribution in [0.5, 0.6) is 5.75 Å². The van der Waals surface area contributed by atoms with E-state index in [9.17, 15) is 4.39 Å². The molecule has 2 N–H and O–H groups in total. The summed E-state index contributed by atoms with van der Waals surface area (Å²) in [5, 5.41) is 6.38. The monoisotopic (exact) mass is 359 g/mol. The van der Waals surface area contributed by atoms with Crippen LogP contribution < -0.4 is 15.4 Å². The number of aliphatic imine (C=N–C) groups is 1. The van der Waals surface area contributed by atoms with Gasteiger partial charge >= 0.3 is 0 Å². The predicted octanol–water partition coefficient (Wildman–Crippen LogP) is 3.11. The highest BCUT2D eigenvalue weighted by atomic mass is 19.1. The summed E-state index contributed by atoms with van der Waals surface area (Å²) in [5.74, 6) is 1.29. The third-order valence-electron chi connectivity index (χ3n) is 3.76. The number of ether oxygens (including phenoxy) is 2. The molecule has 0 bridgehead atoms. The van der Waals surface area contributed by atoms with Crippen LogP contribution in [0.4, 0.5) is 4.39 Å². The number of guanidine groups is 1. The van der Waals surface area contributed by atoms with Gasteiger partial charge in [-0.15, -0.1) is 0 Å². The maximum absolute atomic E-state index is 13.2. The molecule has 0 saturated heterocycles. The van der Waals surface area contributed by atoms with E-state index in [0.29, 0.717) is 25.7 Å². The molecule has 0 aliphatic rings. The lowest BCUT2D eigenvalue weighted by molar-refractivity contribution is 0.119. The van der Waals surface area contributed by atoms with Crippen LogP contribution in [0.3, 0.4) is 0 Å². The van der Waals surface area contributed by atoms with Crippen molar-refractivity contribution in [2.75, 3.05) is 27.3 Å². The van der Waals surface area contributed by atoms with Crippen molar-refractivity contribution in [2.24, 2.45) is 4.99 Å². The summed E-state index contributed by atoms with van der Waals surface area (Å²) in [7, 11) is 3.36. The van der Waals surface area contributed by atoms with Gasteiger partial charge in [-0.05, 0) is 41.8 Å². The molecule has 0 aliphatic carbocycles. The lowest BCUT2D eigenvalue weighted by atomic mass is 10.2. The van der Waals surface area contributed by atoms with Gasteiger partial charge in [-0.3, -0.25) is 4.99 Å². The third kappa shape index (κ3) is 7.11. The van der Waals surface area contributed by atoms with E-state index >= 15 is 0 Å². The molecule has 26 heavy (non-hydrogen) atoms. The minimum Gasteiger partial charge on any atom is -0.497 e. The number of benzene rings is 2. The summed E-state index contributed by atoms with van der Waals surface area (Å²) in [4.78, 5) is 4.16. The quantitative estimate of drug-likeness (QED) is 0.410. The lowest BCUT2D eigenvalue weighted by Crippen LogP contribution is -2.37. The first-order valence-electron chi connectivity index (χ1n) is 8.61. The summed E-state index contributed by atoms with van der Waals surface area (Å²) < 4.78 is 24.0. The molecule has 0 aromatic heterocycles. The van der Waals surface area contributed by atoms with Gasteiger partial charge in [-0.25, -0.2) is 4.39 Å². The topological polar surface area (TPSA) is 54.9 Å². The molecule has 6 heteroatoms. The van der Waals surface area contributed by atoms with Crippen LogP contribution in [0, 0.1) is 5.82 Å². The van der Waals surface area contributed by atoms with E-state index in [1.165, 1.54) is 12.1 Å². The number of nitrogens with zero attached hydrogens (tertiary/aromatic N) is 1. The van der Waals surface area contributed by atoms with Crippen molar-refractivity contribution in [1.29, 1.82) is 0 Å². The first-order valence-corrected chi connectivity index (χ1v) is 8.61. The maximum Gasteiger partial charge on any atom is 0.191 e. The standard InChI is InChI=1S/C20H26FN3O2/c1-22-20(24-14-17-5-3-6-18(21)13-17)23-11-4-12-26-15-16-7-9-19(25-2)10-8-16/h3,5-10,13H,4,11-12,14-15H2,1-2H3,(H2,22,23,24). The van der Waals surface area contributed by atoms with Crippen LogP contribution >= 0.6 is 0 Å². The molecule has 0 spiro atoms. The zero-order valence-electron chi connectivity index (χ0n) is 15.3. The van der Waals surface area contributed by atoms with Crippen molar-refractivity contribution < 1.29 is 13.9 Å². The number of nitrogens with one attached hydrogen (secondary N) is 2. The molecule has 0 atom stereocenters. The molecule has 0 saturated carbocycles. The van der Waals surface area contributed by atoms with E-state index in [1.807, 2.05) is 30.3 Å². The zero-order valence-corrected chi connectivity index (χ0v) is 15.3. The molecule has 0 fully saturated rings. The Morgan fingerprint density at radius 3 is 2.58 bits per heavy atom. The third-order valence-corrected chi connectivity index (χ3v) is 3.76. The van der Waals surface area contributed by atoms with E-state index in [-0.39, 0.29) is 5.82 Å². The smallest absolute Gasteiger partial charge is 0.191 e. The van der Waals surface area contributed by atoms with E-state index in [1.54, 1.807) is 20.2 Å². The number of rotatable bonds is 9. The second-order valence-corrected chi connectivity index (χ2v) is 5.74. The van der Waals surface area contributed by atoms with Crippen LogP contribution in [-0.4, -0.2) is 33.3 Å². The molecule has 5 nitrogen and oxygen atoms in total. The normalized spacial score (nSPS) is 11.3. The number of methoxy groups -OCH3 is 1. The molecule has 0 amide bonds. The zero-order chi connectivity index (χ0) is 18.6. The molecule has 2 aromatic rings. The molecule has 0 heterocycles. The number of hydrogen-bond acceptors (Lipinski definition) is 3. The van der Waals surface area contributed by atoms with Gasteiger partial charge in [0.1, 0.15) is 11.6 Å². The van der Waals surface area contributed by atoms with Gasteiger partial charge in [0.2, 0.25) is 0 Å². The van der Waals surface area contributed by atoms with E-state index in [2.05, 4.69) is 15.6 Å². The van der Waals surface area contributed by atoms with Crippen molar-refractivity contribution in [1.82, 2.24) is 10.6 Å². The number of hydrogen-bond donors (Lipinski definition) is 2. The molecule has 2 rings (SSSR count). The Bertz CT molecular complexity index is 690. The molecule has 140 valence electrons. The largest absolute Gasteiger partial charge is 0.497 e. The first-order chi connectivity index (χ1) is 12.7. The predicted molar refractivity (Wildman–Crippen MR) is 102 cm³/mol. The minimum atomic E-state index is -0.235. The Balaban J connectivity index is 1.58. The summed E-state index contributed by atoms with van der Waals surface area (Å²) in [6, 6.07) is 14.3. The Labute approximate surface area is 154 Å². The molecule has 0 aliphatic heterocycles. The number of halogens is 1. The van der Waals surface area contributed by atoms with Crippen LogP contribution in [0.2, 0.25) is 0 Å². The fraction of sp³-hybridized carbons (Fsp3) is 0.350.